The third kappa shape index (κ3) is 3.13. The van der Waals surface area contributed by atoms with Crippen LogP contribution in [0.3, 0.4) is 0 Å². The molecule has 1 fully saturated rings. The SMILES string of the molecule is CCOc1ccc(-n2nc(C)nc2C[C@@H]2COC[C@H]2O)cc1. The van der Waals surface area contributed by atoms with Gasteiger partial charge in [0.25, 0.3) is 0 Å². The number of aliphatic hydroxyl groups excluding tert-OH is 1. The molecule has 1 aliphatic heterocycles. The topological polar surface area (TPSA) is 69.4 Å². The van der Waals surface area contributed by atoms with E-state index in [1.807, 2.05) is 42.8 Å². The smallest absolute Gasteiger partial charge is 0.148 e. The first kappa shape index (κ1) is 15.0. The lowest BCUT2D eigenvalue weighted by Crippen LogP contribution is -2.21. The molecule has 0 spiro atoms. The molecule has 0 radical (unpaired) electrons. The summed E-state index contributed by atoms with van der Waals surface area (Å²) < 4.78 is 12.6. The van der Waals surface area contributed by atoms with Crippen LogP contribution in [0.15, 0.2) is 24.3 Å². The first-order valence-electron chi connectivity index (χ1n) is 7.59. The van der Waals surface area contributed by atoms with Gasteiger partial charge in [0.2, 0.25) is 0 Å². The first-order chi connectivity index (χ1) is 10.7. The molecule has 0 unspecified atom stereocenters. The minimum Gasteiger partial charge on any atom is -0.494 e. The van der Waals surface area contributed by atoms with Crippen LogP contribution in [0, 0.1) is 12.8 Å². The number of aromatic nitrogens is 3. The molecule has 2 atom stereocenters. The quantitative estimate of drug-likeness (QED) is 0.907. The maximum absolute atomic E-state index is 9.91. The van der Waals surface area contributed by atoms with Gasteiger partial charge in [-0.1, -0.05) is 0 Å². The first-order valence-corrected chi connectivity index (χ1v) is 7.59. The lowest BCUT2D eigenvalue weighted by Gasteiger charge is -2.12. The zero-order valence-electron chi connectivity index (χ0n) is 12.9. The molecule has 2 heterocycles. The summed E-state index contributed by atoms with van der Waals surface area (Å²) in [6.45, 7) is 5.45. The summed E-state index contributed by atoms with van der Waals surface area (Å²) in [5, 5.41) is 14.4. The van der Waals surface area contributed by atoms with Gasteiger partial charge >= 0.3 is 0 Å². The van der Waals surface area contributed by atoms with Crippen LogP contribution in [-0.2, 0) is 11.2 Å². The summed E-state index contributed by atoms with van der Waals surface area (Å²) in [4.78, 5) is 4.50. The van der Waals surface area contributed by atoms with Crippen molar-refractivity contribution in [3.63, 3.8) is 0 Å². The number of hydrogen-bond acceptors (Lipinski definition) is 5. The summed E-state index contributed by atoms with van der Waals surface area (Å²) >= 11 is 0. The van der Waals surface area contributed by atoms with Crippen molar-refractivity contribution < 1.29 is 14.6 Å². The molecule has 1 N–H and O–H groups in total. The Hall–Kier alpha value is -1.92. The van der Waals surface area contributed by atoms with Gasteiger partial charge < -0.3 is 14.6 Å². The highest BCUT2D eigenvalue weighted by molar-refractivity contribution is 5.37. The van der Waals surface area contributed by atoms with Crippen LogP contribution in [0.1, 0.15) is 18.6 Å². The van der Waals surface area contributed by atoms with E-state index in [4.69, 9.17) is 9.47 Å². The van der Waals surface area contributed by atoms with E-state index in [0.29, 0.717) is 26.2 Å². The van der Waals surface area contributed by atoms with Crippen molar-refractivity contribution in [1.29, 1.82) is 0 Å². The third-order valence-electron chi connectivity index (χ3n) is 3.78. The molecule has 0 bridgehead atoms. The lowest BCUT2D eigenvalue weighted by molar-refractivity contribution is 0.118. The molecule has 1 aromatic carbocycles. The van der Waals surface area contributed by atoms with Gasteiger partial charge in [0, 0.05) is 12.3 Å². The van der Waals surface area contributed by atoms with E-state index >= 15 is 0 Å². The molecule has 0 aliphatic carbocycles. The highest BCUT2D eigenvalue weighted by Gasteiger charge is 2.28. The Kier molecular flexibility index (Phi) is 4.40. The molecule has 0 amide bonds. The Balaban J connectivity index is 1.83. The minimum atomic E-state index is -0.425. The van der Waals surface area contributed by atoms with Crippen LogP contribution in [0.5, 0.6) is 5.75 Å². The van der Waals surface area contributed by atoms with Gasteiger partial charge in [-0.15, -0.1) is 0 Å². The molecule has 6 nitrogen and oxygen atoms in total. The molecule has 118 valence electrons. The van der Waals surface area contributed by atoms with Crippen molar-refractivity contribution in [2.75, 3.05) is 19.8 Å². The maximum atomic E-state index is 9.91. The van der Waals surface area contributed by atoms with Gasteiger partial charge in [0.1, 0.15) is 17.4 Å². The summed E-state index contributed by atoms with van der Waals surface area (Å²) in [7, 11) is 0. The van der Waals surface area contributed by atoms with E-state index in [2.05, 4.69) is 10.1 Å². The zero-order valence-corrected chi connectivity index (χ0v) is 12.9. The van der Waals surface area contributed by atoms with E-state index in [-0.39, 0.29) is 5.92 Å². The molecule has 0 saturated carbocycles. The zero-order chi connectivity index (χ0) is 15.5. The third-order valence-corrected chi connectivity index (χ3v) is 3.78. The molecule has 6 heteroatoms. The fraction of sp³-hybridized carbons (Fsp3) is 0.500. The predicted octanol–water partition coefficient (Wildman–Crippen LogP) is 1.52. The average Bonchev–Trinajstić information content (AvgIpc) is 3.07. The van der Waals surface area contributed by atoms with E-state index in [9.17, 15) is 5.11 Å². The van der Waals surface area contributed by atoms with Crippen LogP contribution < -0.4 is 4.74 Å². The largest absolute Gasteiger partial charge is 0.494 e. The van der Waals surface area contributed by atoms with Gasteiger partial charge in [-0.05, 0) is 38.1 Å². The second-order valence-electron chi connectivity index (χ2n) is 5.48. The minimum absolute atomic E-state index is 0.0741. The van der Waals surface area contributed by atoms with E-state index in [0.717, 1.165) is 23.1 Å². The monoisotopic (exact) mass is 303 g/mol. The summed E-state index contributed by atoms with van der Waals surface area (Å²) in [5.41, 5.74) is 0.937. The summed E-state index contributed by atoms with van der Waals surface area (Å²) in [6, 6.07) is 7.77. The lowest BCUT2D eigenvalue weighted by atomic mass is 10.0. The molecular formula is C16H21N3O3. The number of hydrogen-bond donors (Lipinski definition) is 1. The second-order valence-corrected chi connectivity index (χ2v) is 5.48. The number of nitrogens with zero attached hydrogens (tertiary/aromatic N) is 3. The predicted molar refractivity (Wildman–Crippen MR) is 81.3 cm³/mol. The Morgan fingerprint density at radius 1 is 1.32 bits per heavy atom. The van der Waals surface area contributed by atoms with Gasteiger partial charge in [-0.3, -0.25) is 0 Å². The van der Waals surface area contributed by atoms with E-state index in [1.165, 1.54) is 0 Å². The molecule has 2 aromatic rings. The standard InChI is InChI=1S/C16H21N3O3/c1-3-22-14-6-4-13(5-7-14)19-16(17-11(2)18-19)8-12-9-21-10-15(12)20/h4-7,12,15,20H,3,8-10H2,1-2H3/t12-,15-/m1/s1. The van der Waals surface area contributed by atoms with Gasteiger partial charge in [-0.25, -0.2) is 9.67 Å². The average molecular weight is 303 g/mol. The number of aliphatic hydroxyl groups is 1. The van der Waals surface area contributed by atoms with E-state index in [1.54, 1.807) is 0 Å². The van der Waals surface area contributed by atoms with Crippen molar-refractivity contribution in [2.45, 2.75) is 26.4 Å². The van der Waals surface area contributed by atoms with Crippen LogP contribution in [0.25, 0.3) is 5.69 Å². The van der Waals surface area contributed by atoms with Crippen molar-refractivity contribution in [3.05, 3.63) is 35.9 Å². The Morgan fingerprint density at radius 3 is 2.73 bits per heavy atom. The molecule has 1 aliphatic rings. The Bertz CT molecular complexity index is 624. The van der Waals surface area contributed by atoms with Gasteiger partial charge in [0.15, 0.2) is 0 Å². The van der Waals surface area contributed by atoms with Gasteiger partial charge in [-0.2, -0.15) is 5.10 Å². The normalized spacial score (nSPS) is 21.2. The second kappa shape index (κ2) is 6.46. The Morgan fingerprint density at radius 2 is 2.09 bits per heavy atom. The molecule has 1 aromatic heterocycles. The number of rotatable bonds is 5. The van der Waals surface area contributed by atoms with Crippen molar-refractivity contribution in [2.24, 2.45) is 5.92 Å². The fourth-order valence-corrected chi connectivity index (χ4v) is 2.66. The van der Waals surface area contributed by atoms with Crippen molar-refractivity contribution >= 4 is 0 Å². The number of aryl methyl sites for hydroxylation is 1. The molecule has 3 rings (SSSR count). The van der Waals surface area contributed by atoms with Crippen molar-refractivity contribution in [3.8, 4) is 11.4 Å². The summed E-state index contributed by atoms with van der Waals surface area (Å²) in [6.07, 6.45) is 0.223. The van der Waals surface area contributed by atoms with Crippen LogP contribution in [0.2, 0.25) is 0 Å². The van der Waals surface area contributed by atoms with E-state index < -0.39 is 6.10 Å². The number of ether oxygens (including phenoxy) is 2. The Labute approximate surface area is 129 Å². The fourth-order valence-electron chi connectivity index (χ4n) is 2.66. The van der Waals surface area contributed by atoms with Crippen LogP contribution in [0.4, 0.5) is 0 Å². The maximum Gasteiger partial charge on any atom is 0.148 e. The van der Waals surface area contributed by atoms with Crippen LogP contribution >= 0.6 is 0 Å². The molecule has 1 saturated heterocycles. The molecular weight excluding hydrogens is 282 g/mol. The highest BCUT2D eigenvalue weighted by atomic mass is 16.5. The summed E-state index contributed by atoms with van der Waals surface area (Å²) in [5.74, 6) is 2.47. The molecule has 22 heavy (non-hydrogen) atoms. The van der Waals surface area contributed by atoms with Gasteiger partial charge in [0.05, 0.1) is 31.6 Å². The van der Waals surface area contributed by atoms with Crippen LogP contribution in [-0.4, -0.2) is 45.8 Å². The highest BCUT2D eigenvalue weighted by Crippen LogP contribution is 2.21. The van der Waals surface area contributed by atoms with Crippen molar-refractivity contribution in [1.82, 2.24) is 14.8 Å². The number of benzene rings is 1.